The fourth-order valence-electron chi connectivity index (χ4n) is 3.17. The molecule has 0 saturated heterocycles. The molecule has 1 heterocycles. The van der Waals surface area contributed by atoms with Crippen LogP contribution < -0.4 is 14.2 Å². The van der Waals surface area contributed by atoms with Gasteiger partial charge in [0.2, 0.25) is 10.0 Å². The lowest BCUT2D eigenvalue weighted by molar-refractivity contribution is 0.372. The smallest absolute Gasteiger partial charge is 0.243 e. The van der Waals surface area contributed by atoms with Crippen molar-refractivity contribution in [3.05, 3.63) is 53.9 Å². The maximum atomic E-state index is 13.1. The van der Waals surface area contributed by atoms with Crippen LogP contribution in [0, 0.1) is 5.82 Å². The van der Waals surface area contributed by atoms with Crippen LogP contribution in [-0.2, 0) is 10.0 Å². The summed E-state index contributed by atoms with van der Waals surface area (Å²) in [5.41, 5.74) is 1.71. The molecular formula is C20H22FNO5S. The quantitative estimate of drug-likeness (QED) is 0.735. The van der Waals surface area contributed by atoms with Crippen molar-refractivity contribution in [2.45, 2.75) is 11.3 Å². The molecule has 0 radical (unpaired) electrons. The number of ether oxygens (including phenoxy) is 3. The van der Waals surface area contributed by atoms with Gasteiger partial charge in [-0.05, 0) is 36.3 Å². The second-order valence-corrected chi connectivity index (χ2v) is 8.14. The highest BCUT2D eigenvalue weighted by molar-refractivity contribution is 7.89. The summed E-state index contributed by atoms with van der Waals surface area (Å²) in [6.07, 6.45) is 2.33. The Morgan fingerprint density at radius 3 is 2.04 bits per heavy atom. The van der Waals surface area contributed by atoms with Gasteiger partial charge in [-0.1, -0.05) is 6.08 Å². The number of benzene rings is 2. The highest BCUT2D eigenvalue weighted by Crippen LogP contribution is 2.41. The second-order valence-electron chi connectivity index (χ2n) is 6.20. The summed E-state index contributed by atoms with van der Waals surface area (Å²) in [7, 11) is 0.998. The summed E-state index contributed by atoms with van der Waals surface area (Å²) in [5.74, 6) is 1.32. The van der Waals surface area contributed by atoms with E-state index in [1.807, 2.05) is 6.08 Å². The maximum Gasteiger partial charge on any atom is 0.243 e. The largest absolute Gasteiger partial charge is 0.496 e. The first-order chi connectivity index (χ1) is 13.4. The molecule has 150 valence electrons. The van der Waals surface area contributed by atoms with Gasteiger partial charge in [0.05, 0.1) is 31.8 Å². The number of hydrogen-bond acceptors (Lipinski definition) is 5. The molecule has 6 nitrogen and oxygen atoms in total. The number of hydrogen-bond donors (Lipinski definition) is 0. The SMILES string of the molecule is COc1cc(OC)c(C2=CCN(S(=O)(=O)c3ccc(F)cc3)CC2)c(OC)c1. The molecule has 28 heavy (non-hydrogen) atoms. The van der Waals surface area contributed by atoms with Crippen LogP contribution in [0.4, 0.5) is 4.39 Å². The molecular weight excluding hydrogens is 385 g/mol. The van der Waals surface area contributed by atoms with Crippen molar-refractivity contribution in [2.24, 2.45) is 0 Å². The molecule has 8 heteroatoms. The Kier molecular flexibility index (Phi) is 5.90. The van der Waals surface area contributed by atoms with E-state index >= 15 is 0 Å². The van der Waals surface area contributed by atoms with Gasteiger partial charge in [0.25, 0.3) is 0 Å². The van der Waals surface area contributed by atoms with E-state index < -0.39 is 15.8 Å². The molecule has 0 aliphatic carbocycles. The minimum atomic E-state index is -3.69. The highest BCUT2D eigenvalue weighted by atomic mass is 32.2. The van der Waals surface area contributed by atoms with Crippen molar-refractivity contribution in [1.82, 2.24) is 4.31 Å². The molecule has 0 amide bonds. The molecule has 0 unspecified atom stereocenters. The van der Waals surface area contributed by atoms with E-state index in [-0.39, 0.29) is 11.4 Å². The molecule has 2 aromatic rings. The predicted octanol–water partition coefficient (Wildman–Crippen LogP) is 3.33. The molecule has 0 spiro atoms. The summed E-state index contributed by atoms with van der Waals surface area (Å²) < 4.78 is 56.3. The van der Waals surface area contributed by atoms with E-state index in [2.05, 4.69) is 0 Å². The molecule has 3 rings (SSSR count). The first-order valence-electron chi connectivity index (χ1n) is 8.66. The molecule has 0 fully saturated rings. The fraction of sp³-hybridized carbons (Fsp3) is 0.300. The third-order valence-electron chi connectivity index (χ3n) is 4.66. The summed E-state index contributed by atoms with van der Waals surface area (Å²) in [5, 5.41) is 0. The van der Waals surface area contributed by atoms with E-state index in [9.17, 15) is 12.8 Å². The molecule has 1 aliphatic heterocycles. The Balaban J connectivity index is 1.91. The van der Waals surface area contributed by atoms with Crippen LogP contribution in [0.1, 0.15) is 12.0 Å². The number of halogens is 1. The maximum absolute atomic E-state index is 13.1. The zero-order valence-electron chi connectivity index (χ0n) is 15.9. The zero-order chi connectivity index (χ0) is 20.3. The highest BCUT2D eigenvalue weighted by Gasteiger charge is 2.28. The summed E-state index contributed by atoms with van der Waals surface area (Å²) in [4.78, 5) is 0.0744. The molecule has 0 bridgehead atoms. The van der Waals surface area contributed by atoms with Crippen molar-refractivity contribution in [1.29, 1.82) is 0 Å². The second kappa shape index (κ2) is 8.20. The van der Waals surface area contributed by atoms with Gasteiger partial charge < -0.3 is 14.2 Å². The Hall–Kier alpha value is -2.58. The average molecular weight is 407 g/mol. The molecule has 0 N–H and O–H groups in total. The van der Waals surface area contributed by atoms with E-state index in [4.69, 9.17) is 14.2 Å². The average Bonchev–Trinajstić information content (AvgIpc) is 2.73. The van der Waals surface area contributed by atoms with Gasteiger partial charge in [0.1, 0.15) is 23.1 Å². The zero-order valence-corrected chi connectivity index (χ0v) is 16.8. The van der Waals surface area contributed by atoms with Crippen molar-refractivity contribution >= 4 is 15.6 Å². The predicted molar refractivity (Wildman–Crippen MR) is 104 cm³/mol. The first-order valence-corrected chi connectivity index (χ1v) is 10.1. The lowest BCUT2D eigenvalue weighted by Gasteiger charge is -2.27. The normalized spacial score (nSPS) is 15.1. The minimum Gasteiger partial charge on any atom is -0.496 e. The first kappa shape index (κ1) is 20.2. The van der Waals surface area contributed by atoms with Gasteiger partial charge in [-0.3, -0.25) is 0 Å². The molecule has 0 saturated carbocycles. The molecule has 0 aromatic heterocycles. The Morgan fingerprint density at radius 1 is 0.964 bits per heavy atom. The monoisotopic (exact) mass is 407 g/mol. The number of methoxy groups -OCH3 is 3. The van der Waals surface area contributed by atoms with E-state index in [0.717, 1.165) is 23.3 Å². The number of nitrogens with zero attached hydrogens (tertiary/aromatic N) is 1. The summed E-state index contributed by atoms with van der Waals surface area (Å²) in [6, 6.07) is 8.37. The lowest BCUT2D eigenvalue weighted by Crippen LogP contribution is -2.34. The third kappa shape index (κ3) is 3.83. The minimum absolute atomic E-state index is 0.0744. The van der Waals surface area contributed by atoms with Crippen LogP contribution >= 0.6 is 0 Å². The Bertz CT molecular complexity index is 961. The van der Waals surface area contributed by atoms with Crippen LogP contribution in [0.5, 0.6) is 17.2 Å². The number of rotatable bonds is 6. The molecule has 2 aromatic carbocycles. The van der Waals surface area contributed by atoms with Gasteiger partial charge in [-0.25, -0.2) is 12.8 Å². The van der Waals surface area contributed by atoms with Gasteiger partial charge in [0.15, 0.2) is 0 Å². The summed E-state index contributed by atoms with van der Waals surface area (Å²) >= 11 is 0. The fourth-order valence-corrected chi connectivity index (χ4v) is 4.55. The van der Waals surface area contributed by atoms with Crippen LogP contribution in [0.15, 0.2) is 47.4 Å². The molecule has 1 aliphatic rings. The van der Waals surface area contributed by atoms with Crippen molar-refractivity contribution < 1.29 is 27.0 Å². The van der Waals surface area contributed by atoms with E-state index in [0.29, 0.717) is 30.2 Å². The summed E-state index contributed by atoms with van der Waals surface area (Å²) in [6.45, 7) is 0.497. The van der Waals surface area contributed by atoms with Gasteiger partial charge in [-0.2, -0.15) is 4.31 Å². The van der Waals surface area contributed by atoms with Crippen LogP contribution in [0.2, 0.25) is 0 Å². The third-order valence-corrected chi connectivity index (χ3v) is 6.54. The van der Waals surface area contributed by atoms with Gasteiger partial charge >= 0.3 is 0 Å². The standard InChI is InChI=1S/C20H22FNO5S/c1-25-16-12-18(26-2)20(19(13-16)27-3)14-8-10-22(11-9-14)28(23,24)17-6-4-15(21)5-7-17/h4-8,12-13H,9-11H2,1-3H3. The number of sulfonamides is 1. The van der Waals surface area contributed by atoms with Gasteiger partial charge in [0, 0.05) is 25.2 Å². The Labute approximate surface area is 164 Å². The van der Waals surface area contributed by atoms with Gasteiger partial charge in [-0.15, -0.1) is 0 Å². The topological polar surface area (TPSA) is 65.1 Å². The van der Waals surface area contributed by atoms with Crippen molar-refractivity contribution in [2.75, 3.05) is 34.4 Å². The van der Waals surface area contributed by atoms with Crippen molar-refractivity contribution in [3.63, 3.8) is 0 Å². The van der Waals surface area contributed by atoms with Crippen LogP contribution in [-0.4, -0.2) is 47.1 Å². The van der Waals surface area contributed by atoms with Crippen LogP contribution in [0.25, 0.3) is 5.57 Å². The Morgan fingerprint density at radius 2 is 1.57 bits per heavy atom. The van der Waals surface area contributed by atoms with E-state index in [1.165, 1.54) is 16.4 Å². The lowest BCUT2D eigenvalue weighted by atomic mass is 9.98. The van der Waals surface area contributed by atoms with Crippen molar-refractivity contribution in [3.8, 4) is 17.2 Å². The van der Waals surface area contributed by atoms with E-state index in [1.54, 1.807) is 33.5 Å². The molecule has 0 atom stereocenters. The van der Waals surface area contributed by atoms with Crippen LogP contribution in [0.3, 0.4) is 0 Å².